The van der Waals surface area contributed by atoms with Gasteiger partial charge in [0, 0.05) is 17.1 Å². The van der Waals surface area contributed by atoms with Gasteiger partial charge in [0.2, 0.25) is 0 Å². The summed E-state index contributed by atoms with van der Waals surface area (Å²) in [5, 5.41) is 9.66. The number of fused-ring (bicyclic) bond motifs is 3. The molecule has 9 heteroatoms. The lowest BCUT2D eigenvalue weighted by Crippen LogP contribution is -2.06. The number of benzene rings is 2. The number of ether oxygens (including phenoxy) is 2. The minimum Gasteiger partial charge on any atom is -0.487 e. The van der Waals surface area contributed by atoms with Gasteiger partial charge in [-0.2, -0.15) is 0 Å². The third kappa shape index (κ3) is 4.64. The van der Waals surface area contributed by atoms with E-state index >= 15 is 0 Å². The summed E-state index contributed by atoms with van der Waals surface area (Å²) in [4.78, 5) is 20.2. The van der Waals surface area contributed by atoms with E-state index < -0.39 is 11.8 Å². The summed E-state index contributed by atoms with van der Waals surface area (Å²) in [6, 6.07) is 15.7. The van der Waals surface area contributed by atoms with E-state index in [4.69, 9.17) is 21.1 Å². The largest absolute Gasteiger partial charge is 0.487 e. The Kier molecular flexibility index (Phi) is 6.26. The molecule has 5 rings (SSSR count). The van der Waals surface area contributed by atoms with Gasteiger partial charge < -0.3 is 14.6 Å². The Morgan fingerprint density at radius 1 is 1.21 bits per heavy atom. The number of nitrogens with zero attached hydrogens (tertiary/aromatic N) is 2. The summed E-state index contributed by atoms with van der Waals surface area (Å²) in [5.41, 5.74) is 3.76. The standard InChI is InChI=1S/C25H18ClFN2O4S/c26-19-10-21-14(8-20(19)27)3-4-15(29-21)11-32-16-5-6-23-18(9-16)25(34-13-24(30)31)17-2-1-7-28-22(17)12-33-23/h1-10,25H,11-13H2,(H,30,31). The fourth-order valence-corrected chi connectivity index (χ4v) is 5.03. The first-order valence-corrected chi connectivity index (χ1v) is 11.8. The topological polar surface area (TPSA) is 81.5 Å². The molecule has 1 unspecified atom stereocenters. The molecule has 1 N–H and O–H groups in total. The SMILES string of the molecule is O=C(O)CSC1c2cc(OCc3ccc4cc(F)c(Cl)cc4n3)ccc2OCc2ncccc21. The first kappa shape index (κ1) is 22.4. The molecule has 2 aromatic heterocycles. The average Bonchev–Trinajstić information content (AvgIpc) is 2.98. The number of thioether (sulfide) groups is 1. The smallest absolute Gasteiger partial charge is 0.313 e. The number of hydrogen-bond acceptors (Lipinski definition) is 6. The van der Waals surface area contributed by atoms with Crippen molar-refractivity contribution in [3.8, 4) is 11.5 Å². The Morgan fingerprint density at radius 2 is 2.09 bits per heavy atom. The summed E-state index contributed by atoms with van der Waals surface area (Å²) >= 11 is 7.19. The van der Waals surface area contributed by atoms with E-state index in [1.54, 1.807) is 24.4 Å². The van der Waals surface area contributed by atoms with Crippen LogP contribution in [-0.4, -0.2) is 26.8 Å². The lowest BCUT2D eigenvalue weighted by Gasteiger charge is -2.18. The van der Waals surface area contributed by atoms with Crippen LogP contribution in [0.2, 0.25) is 5.02 Å². The van der Waals surface area contributed by atoms with Crippen LogP contribution in [0.3, 0.4) is 0 Å². The number of pyridine rings is 2. The first-order valence-electron chi connectivity index (χ1n) is 10.4. The van der Waals surface area contributed by atoms with Gasteiger partial charge in [0.05, 0.1) is 32.9 Å². The first-order chi connectivity index (χ1) is 16.5. The number of carboxylic acids is 1. The number of rotatable bonds is 6. The van der Waals surface area contributed by atoms with Crippen molar-refractivity contribution >= 4 is 40.2 Å². The highest BCUT2D eigenvalue weighted by molar-refractivity contribution is 8.00. The second kappa shape index (κ2) is 9.48. The van der Waals surface area contributed by atoms with Crippen LogP contribution in [0.1, 0.15) is 27.8 Å². The highest BCUT2D eigenvalue weighted by Gasteiger charge is 2.27. The summed E-state index contributed by atoms with van der Waals surface area (Å²) in [5.74, 6) is -0.187. The van der Waals surface area contributed by atoms with Crippen molar-refractivity contribution in [2.45, 2.75) is 18.5 Å². The molecule has 6 nitrogen and oxygen atoms in total. The predicted molar refractivity (Wildman–Crippen MR) is 128 cm³/mol. The van der Waals surface area contributed by atoms with Gasteiger partial charge in [0.15, 0.2) is 0 Å². The summed E-state index contributed by atoms with van der Waals surface area (Å²) in [7, 11) is 0. The van der Waals surface area contributed by atoms with Gasteiger partial charge in [0.25, 0.3) is 0 Å². The fraction of sp³-hybridized carbons (Fsp3) is 0.160. The lowest BCUT2D eigenvalue weighted by molar-refractivity contribution is -0.133. The maximum absolute atomic E-state index is 13.7. The molecule has 1 atom stereocenters. The maximum atomic E-state index is 13.7. The van der Waals surface area contributed by atoms with Crippen LogP contribution in [0.25, 0.3) is 10.9 Å². The van der Waals surface area contributed by atoms with Crippen molar-refractivity contribution in [3.05, 3.63) is 94.1 Å². The number of aliphatic carboxylic acids is 1. The van der Waals surface area contributed by atoms with Gasteiger partial charge in [0.1, 0.15) is 30.5 Å². The van der Waals surface area contributed by atoms with Crippen LogP contribution >= 0.6 is 23.4 Å². The Bertz CT molecular complexity index is 1400. The van der Waals surface area contributed by atoms with Crippen LogP contribution in [-0.2, 0) is 18.0 Å². The van der Waals surface area contributed by atoms with Crippen molar-refractivity contribution in [2.75, 3.05) is 5.75 Å². The summed E-state index contributed by atoms with van der Waals surface area (Å²) in [6.45, 7) is 0.493. The molecule has 0 fully saturated rings. The average molecular weight is 497 g/mol. The highest BCUT2D eigenvalue weighted by atomic mass is 35.5. The van der Waals surface area contributed by atoms with Crippen molar-refractivity contribution < 1.29 is 23.8 Å². The van der Waals surface area contributed by atoms with E-state index in [1.807, 2.05) is 24.3 Å². The molecule has 0 spiro atoms. The monoisotopic (exact) mass is 496 g/mol. The zero-order valence-corrected chi connectivity index (χ0v) is 19.3. The summed E-state index contributed by atoms with van der Waals surface area (Å²) < 4.78 is 25.6. The third-order valence-electron chi connectivity index (χ3n) is 5.39. The molecular weight excluding hydrogens is 479 g/mol. The molecule has 34 heavy (non-hydrogen) atoms. The molecule has 0 radical (unpaired) electrons. The molecule has 3 heterocycles. The highest BCUT2D eigenvalue weighted by Crippen LogP contribution is 2.45. The van der Waals surface area contributed by atoms with Crippen molar-refractivity contribution in [1.29, 1.82) is 0 Å². The van der Waals surface area contributed by atoms with Crippen LogP contribution in [0.5, 0.6) is 11.5 Å². The fourth-order valence-electron chi connectivity index (χ4n) is 3.81. The molecule has 172 valence electrons. The minimum atomic E-state index is -0.892. The number of aromatic nitrogens is 2. The van der Waals surface area contributed by atoms with Gasteiger partial charge in [-0.05, 0) is 48.0 Å². The van der Waals surface area contributed by atoms with Gasteiger partial charge in [-0.15, -0.1) is 11.8 Å². The Labute approximate surface area is 203 Å². The van der Waals surface area contributed by atoms with Crippen molar-refractivity contribution in [1.82, 2.24) is 9.97 Å². The van der Waals surface area contributed by atoms with Gasteiger partial charge in [-0.3, -0.25) is 9.78 Å². The Morgan fingerprint density at radius 3 is 2.94 bits per heavy atom. The molecule has 2 aromatic carbocycles. The van der Waals surface area contributed by atoms with Crippen LogP contribution in [0, 0.1) is 5.82 Å². The molecule has 4 aromatic rings. The number of hydrogen-bond donors (Lipinski definition) is 1. The molecule has 0 saturated heterocycles. The molecule has 0 bridgehead atoms. The van der Waals surface area contributed by atoms with E-state index in [-0.39, 0.29) is 22.6 Å². The summed E-state index contributed by atoms with van der Waals surface area (Å²) in [6.07, 6.45) is 1.70. The molecule has 0 saturated carbocycles. The van der Waals surface area contributed by atoms with E-state index in [0.29, 0.717) is 34.7 Å². The molecule has 1 aliphatic rings. The number of carboxylic acid groups (broad SMARTS) is 1. The normalized spacial score (nSPS) is 14.6. The van der Waals surface area contributed by atoms with E-state index in [0.717, 1.165) is 16.8 Å². The molecular formula is C25H18ClFN2O4S. The van der Waals surface area contributed by atoms with Crippen LogP contribution < -0.4 is 9.47 Å². The second-order valence-corrected chi connectivity index (χ2v) is 9.16. The van der Waals surface area contributed by atoms with Gasteiger partial charge in [-0.1, -0.05) is 23.7 Å². The molecule has 0 aliphatic carbocycles. The third-order valence-corrected chi connectivity index (χ3v) is 6.93. The van der Waals surface area contributed by atoms with Gasteiger partial charge in [-0.25, -0.2) is 9.37 Å². The predicted octanol–water partition coefficient (Wildman–Crippen LogP) is 5.80. The van der Waals surface area contributed by atoms with Crippen LogP contribution in [0.15, 0.2) is 60.8 Å². The van der Waals surface area contributed by atoms with Crippen molar-refractivity contribution in [3.63, 3.8) is 0 Å². The Balaban J connectivity index is 1.42. The van der Waals surface area contributed by atoms with E-state index in [2.05, 4.69) is 9.97 Å². The zero-order chi connectivity index (χ0) is 23.7. The lowest BCUT2D eigenvalue weighted by atomic mass is 10.0. The molecule has 1 aliphatic heterocycles. The number of carbonyl (C=O) groups is 1. The van der Waals surface area contributed by atoms with Gasteiger partial charge >= 0.3 is 5.97 Å². The zero-order valence-electron chi connectivity index (χ0n) is 17.7. The Hall–Kier alpha value is -3.36. The quantitative estimate of drug-likeness (QED) is 0.361. The molecule has 0 amide bonds. The maximum Gasteiger partial charge on any atom is 0.313 e. The van der Waals surface area contributed by atoms with E-state index in [1.165, 1.54) is 23.9 Å². The number of halogens is 2. The van der Waals surface area contributed by atoms with Crippen molar-refractivity contribution in [2.24, 2.45) is 0 Å². The second-order valence-electron chi connectivity index (χ2n) is 7.66. The minimum absolute atomic E-state index is 0.0171. The van der Waals surface area contributed by atoms with Crippen LogP contribution in [0.4, 0.5) is 4.39 Å². The van der Waals surface area contributed by atoms with E-state index in [9.17, 15) is 14.3 Å².